The van der Waals surface area contributed by atoms with Crippen LogP contribution in [0.4, 0.5) is 4.79 Å². The van der Waals surface area contributed by atoms with E-state index >= 15 is 0 Å². The minimum atomic E-state index is -0.503. The van der Waals surface area contributed by atoms with Crippen LogP contribution in [0.1, 0.15) is 34.1 Å². The van der Waals surface area contributed by atoms with E-state index in [2.05, 4.69) is 0 Å². The van der Waals surface area contributed by atoms with E-state index in [0.29, 0.717) is 19.5 Å². The van der Waals surface area contributed by atoms with Crippen LogP contribution in [0.25, 0.3) is 0 Å². The molecule has 0 radical (unpaired) electrons. The summed E-state index contributed by atoms with van der Waals surface area (Å²) in [6.07, 6.45) is 0.358. The van der Waals surface area contributed by atoms with Gasteiger partial charge in [-0.1, -0.05) is 0 Å². The van der Waals surface area contributed by atoms with Crippen molar-refractivity contribution in [3.8, 4) is 0 Å². The van der Waals surface area contributed by atoms with Gasteiger partial charge in [0.05, 0.1) is 13.2 Å². The smallest absolute Gasteiger partial charge is 0.410 e. The Morgan fingerprint density at radius 2 is 1.94 bits per heavy atom. The zero-order valence-electron chi connectivity index (χ0n) is 11.7. The summed E-state index contributed by atoms with van der Waals surface area (Å²) in [4.78, 5) is 29.8. The number of hydroxylamine groups is 2. The molecule has 0 unspecified atom stereocenters. The third kappa shape index (κ3) is 3.87. The molecule has 0 spiro atoms. The van der Waals surface area contributed by atoms with Crippen LogP contribution in [-0.2, 0) is 14.4 Å². The molecule has 1 saturated heterocycles. The normalized spacial score (nSPS) is 19.8. The maximum Gasteiger partial charge on any atom is 0.410 e. The standard InChI is InChI=1S/C12H22N2O4/c1-9(15)14(17-5)10-6-7-13(8-10)11(16)18-12(2,3)4/h10H,6-8H2,1-5H3/t10-/m1/s1. The fourth-order valence-electron chi connectivity index (χ4n) is 1.96. The molecule has 0 N–H and O–H groups in total. The molecule has 0 aliphatic carbocycles. The van der Waals surface area contributed by atoms with Gasteiger partial charge in [-0.25, -0.2) is 9.86 Å². The van der Waals surface area contributed by atoms with E-state index in [9.17, 15) is 9.59 Å². The molecule has 1 aliphatic rings. The Morgan fingerprint density at radius 3 is 2.39 bits per heavy atom. The summed E-state index contributed by atoms with van der Waals surface area (Å²) in [5.41, 5.74) is -0.503. The van der Waals surface area contributed by atoms with E-state index in [-0.39, 0.29) is 18.0 Å². The first-order valence-electron chi connectivity index (χ1n) is 6.06. The molecule has 104 valence electrons. The van der Waals surface area contributed by atoms with Gasteiger partial charge in [-0.15, -0.1) is 0 Å². The van der Waals surface area contributed by atoms with Crippen molar-refractivity contribution in [3.63, 3.8) is 0 Å². The first kappa shape index (κ1) is 14.8. The summed E-state index contributed by atoms with van der Waals surface area (Å²) in [5, 5.41) is 1.31. The molecule has 0 saturated carbocycles. The summed E-state index contributed by atoms with van der Waals surface area (Å²) < 4.78 is 5.29. The Balaban J connectivity index is 2.55. The molecule has 0 aromatic carbocycles. The van der Waals surface area contributed by atoms with Crippen molar-refractivity contribution in [1.29, 1.82) is 0 Å². The van der Waals surface area contributed by atoms with Crippen LogP contribution in [0.5, 0.6) is 0 Å². The third-order valence-corrected chi connectivity index (χ3v) is 2.65. The van der Waals surface area contributed by atoms with Crippen LogP contribution < -0.4 is 0 Å². The summed E-state index contributed by atoms with van der Waals surface area (Å²) in [7, 11) is 1.46. The predicted octanol–water partition coefficient (Wildman–Crippen LogP) is 1.41. The van der Waals surface area contributed by atoms with Crippen LogP contribution >= 0.6 is 0 Å². The zero-order chi connectivity index (χ0) is 13.9. The average molecular weight is 258 g/mol. The van der Waals surface area contributed by atoms with Gasteiger partial charge in [0.2, 0.25) is 5.91 Å². The van der Waals surface area contributed by atoms with Crippen LogP contribution in [0.15, 0.2) is 0 Å². The van der Waals surface area contributed by atoms with Crippen molar-refractivity contribution < 1.29 is 19.2 Å². The van der Waals surface area contributed by atoms with E-state index < -0.39 is 5.60 Å². The average Bonchev–Trinajstić information content (AvgIpc) is 2.64. The Hall–Kier alpha value is -1.30. The van der Waals surface area contributed by atoms with E-state index in [1.165, 1.54) is 19.1 Å². The lowest BCUT2D eigenvalue weighted by atomic mass is 10.2. The number of amides is 2. The van der Waals surface area contributed by atoms with Crippen molar-refractivity contribution in [3.05, 3.63) is 0 Å². The second kappa shape index (κ2) is 5.56. The highest BCUT2D eigenvalue weighted by atomic mass is 16.7. The van der Waals surface area contributed by atoms with Gasteiger partial charge in [0.1, 0.15) is 5.60 Å². The van der Waals surface area contributed by atoms with Gasteiger partial charge in [-0.05, 0) is 27.2 Å². The number of carbonyl (C=O) groups excluding carboxylic acids is 2. The lowest BCUT2D eigenvalue weighted by Gasteiger charge is -2.26. The van der Waals surface area contributed by atoms with Gasteiger partial charge in [-0.3, -0.25) is 9.63 Å². The van der Waals surface area contributed by atoms with Gasteiger partial charge in [0.25, 0.3) is 0 Å². The Morgan fingerprint density at radius 1 is 1.33 bits per heavy atom. The number of ether oxygens (including phenoxy) is 1. The summed E-state index contributed by atoms with van der Waals surface area (Å²) in [6.45, 7) is 7.95. The maximum atomic E-state index is 11.8. The zero-order valence-corrected chi connectivity index (χ0v) is 11.7. The molecule has 6 nitrogen and oxygen atoms in total. The minimum Gasteiger partial charge on any atom is -0.444 e. The number of nitrogens with zero attached hydrogens (tertiary/aromatic N) is 2. The van der Waals surface area contributed by atoms with Crippen molar-refractivity contribution in [2.75, 3.05) is 20.2 Å². The Bertz CT molecular complexity index is 325. The fourth-order valence-corrected chi connectivity index (χ4v) is 1.96. The third-order valence-electron chi connectivity index (χ3n) is 2.65. The molecule has 0 aromatic rings. The number of likely N-dealkylation sites (tertiary alicyclic amines) is 1. The summed E-state index contributed by atoms with van der Waals surface area (Å²) in [6, 6.07) is -0.0972. The van der Waals surface area contributed by atoms with E-state index in [1.807, 2.05) is 20.8 Å². The summed E-state index contributed by atoms with van der Waals surface area (Å²) >= 11 is 0. The molecule has 1 heterocycles. The lowest BCUT2D eigenvalue weighted by Crippen LogP contribution is -2.42. The molecule has 2 amide bonds. The highest BCUT2D eigenvalue weighted by molar-refractivity contribution is 5.73. The predicted molar refractivity (Wildman–Crippen MR) is 65.7 cm³/mol. The fraction of sp³-hybridized carbons (Fsp3) is 0.833. The Kier molecular flexibility index (Phi) is 4.56. The largest absolute Gasteiger partial charge is 0.444 e. The van der Waals surface area contributed by atoms with E-state index in [1.54, 1.807) is 4.90 Å². The molecule has 0 bridgehead atoms. The summed E-state index contributed by atoms with van der Waals surface area (Å²) in [5.74, 6) is -0.159. The highest BCUT2D eigenvalue weighted by Crippen LogP contribution is 2.19. The van der Waals surface area contributed by atoms with Crippen LogP contribution in [-0.4, -0.2) is 53.8 Å². The number of hydrogen-bond donors (Lipinski definition) is 0. The molecule has 6 heteroatoms. The number of rotatable bonds is 2. The quantitative estimate of drug-likeness (QED) is 0.703. The van der Waals surface area contributed by atoms with Gasteiger partial charge in [0, 0.05) is 20.0 Å². The van der Waals surface area contributed by atoms with Crippen LogP contribution in [0.2, 0.25) is 0 Å². The van der Waals surface area contributed by atoms with Crippen LogP contribution in [0.3, 0.4) is 0 Å². The molecular formula is C12H22N2O4. The highest BCUT2D eigenvalue weighted by Gasteiger charge is 2.34. The lowest BCUT2D eigenvalue weighted by molar-refractivity contribution is -0.184. The van der Waals surface area contributed by atoms with Gasteiger partial charge in [-0.2, -0.15) is 0 Å². The molecule has 0 aromatic heterocycles. The molecular weight excluding hydrogens is 236 g/mol. The first-order chi connectivity index (χ1) is 8.24. The molecule has 1 fully saturated rings. The number of hydrogen-bond acceptors (Lipinski definition) is 4. The van der Waals surface area contributed by atoms with Crippen molar-refractivity contribution in [2.24, 2.45) is 0 Å². The molecule has 1 atom stereocenters. The molecule has 1 rings (SSSR count). The van der Waals surface area contributed by atoms with Crippen molar-refractivity contribution in [2.45, 2.75) is 45.8 Å². The topological polar surface area (TPSA) is 59.1 Å². The monoisotopic (exact) mass is 258 g/mol. The SMILES string of the molecule is CON(C(C)=O)[C@@H]1CCN(C(=O)OC(C)(C)C)C1. The maximum absolute atomic E-state index is 11.8. The molecule has 1 aliphatic heterocycles. The van der Waals surface area contributed by atoms with Crippen LogP contribution in [0, 0.1) is 0 Å². The van der Waals surface area contributed by atoms with E-state index in [4.69, 9.17) is 9.57 Å². The molecule has 18 heavy (non-hydrogen) atoms. The van der Waals surface area contributed by atoms with Gasteiger partial charge in [0.15, 0.2) is 0 Å². The van der Waals surface area contributed by atoms with Crippen molar-refractivity contribution in [1.82, 2.24) is 9.96 Å². The van der Waals surface area contributed by atoms with Gasteiger partial charge < -0.3 is 9.64 Å². The second-order valence-electron chi connectivity index (χ2n) is 5.40. The van der Waals surface area contributed by atoms with Gasteiger partial charge >= 0.3 is 6.09 Å². The number of carbonyl (C=O) groups is 2. The van der Waals surface area contributed by atoms with Crippen molar-refractivity contribution >= 4 is 12.0 Å². The second-order valence-corrected chi connectivity index (χ2v) is 5.40. The minimum absolute atomic E-state index is 0.0972. The Labute approximate surface area is 108 Å². The first-order valence-corrected chi connectivity index (χ1v) is 6.06. The van der Waals surface area contributed by atoms with E-state index in [0.717, 1.165) is 0 Å².